The summed E-state index contributed by atoms with van der Waals surface area (Å²) in [4.78, 5) is 16.0. The lowest BCUT2D eigenvalue weighted by molar-refractivity contribution is 1.00. The van der Waals surface area contributed by atoms with E-state index in [0.717, 1.165) is 66.2 Å². The minimum absolute atomic E-state index is 0.624. The predicted octanol–water partition coefficient (Wildman–Crippen LogP) is 10.0. The van der Waals surface area contributed by atoms with Gasteiger partial charge in [0.15, 0.2) is 5.65 Å². The van der Waals surface area contributed by atoms with Crippen LogP contribution in [0.2, 0.25) is 0 Å². The third-order valence-corrected chi connectivity index (χ3v) is 9.11. The highest BCUT2D eigenvalue weighted by atomic mass is 15.2. The molecule has 4 heterocycles. The van der Waals surface area contributed by atoms with Crippen molar-refractivity contribution in [3.05, 3.63) is 152 Å². The van der Waals surface area contributed by atoms with Crippen molar-refractivity contribution >= 4 is 60.3 Å². The van der Waals surface area contributed by atoms with Gasteiger partial charge < -0.3 is 0 Å². The number of imidazole rings is 1. The van der Waals surface area contributed by atoms with E-state index in [0.29, 0.717) is 5.95 Å². The van der Waals surface area contributed by atoms with E-state index in [1.807, 2.05) is 12.1 Å². The third-order valence-electron chi connectivity index (χ3n) is 9.11. The molecule has 5 nitrogen and oxygen atoms in total. The van der Waals surface area contributed by atoms with Gasteiger partial charge in [-0.3, -0.25) is 8.97 Å². The Bertz CT molecular complexity index is 2790. The van der Waals surface area contributed by atoms with Gasteiger partial charge in [-0.2, -0.15) is 4.98 Å². The molecule has 0 radical (unpaired) electrons. The first-order valence-corrected chi connectivity index (χ1v) is 15.5. The molecule has 0 aliphatic heterocycles. The van der Waals surface area contributed by atoms with Crippen molar-refractivity contribution < 1.29 is 0 Å². The fourth-order valence-corrected chi connectivity index (χ4v) is 7.07. The number of pyridine rings is 1. The third kappa shape index (κ3) is 3.54. The van der Waals surface area contributed by atoms with Gasteiger partial charge in [0.2, 0.25) is 5.95 Å². The molecule has 0 aliphatic rings. The SMILES string of the molecule is c1ccc(-c2ccc3c(c2)c2ccccc2n3-c2nc(-c3ccccc3)c3c4ccccc4c4nc5ccccc5n4c3n2)cc1. The van der Waals surface area contributed by atoms with Crippen LogP contribution in [-0.2, 0) is 0 Å². The average Bonchev–Trinajstić information content (AvgIpc) is 3.68. The average molecular weight is 588 g/mol. The molecule has 0 bridgehead atoms. The second kappa shape index (κ2) is 9.58. The summed E-state index contributed by atoms with van der Waals surface area (Å²) in [6.45, 7) is 0. The fourth-order valence-electron chi connectivity index (χ4n) is 7.07. The summed E-state index contributed by atoms with van der Waals surface area (Å²) < 4.78 is 4.43. The number of aromatic nitrogens is 5. The van der Waals surface area contributed by atoms with Gasteiger partial charge in [-0.1, -0.05) is 121 Å². The highest BCUT2D eigenvalue weighted by Crippen LogP contribution is 2.39. The van der Waals surface area contributed by atoms with Crippen molar-refractivity contribution in [2.45, 2.75) is 0 Å². The lowest BCUT2D eigenvalue weighted by Gasteiger charge is -2.15. The smallest absolute Gasteiger partial charge is 0.237 e. The summed E-state index contributed by atoms with van der Waals surface area (Å²) >= 11 is 0. The van der Waals surface area contributed by atoms with E-state index in [1.54, 1.807) is 0 Å². The molecule has 4 aromatic heterocycles. The zero-order valence-electron chi connectivity index (χ0n) is 24.7. The largest absolute Gasteiger partial charge is 0.278 e. The summed E-state index contributed by atoms with van der Waals surface area (Å²) in [6.07, 6.45) is 0. The van der Waals surface area contributed by atoms with Crippen LogP contribution in [0.5, 0.6) is 0 Å². The van der Waals surface area contributed by atoms with Gasteiger partial charge in [0.25, 0.3) is 0 Å². The van der Waals surface area contributed by atoms with Crippen molar-refractivity contribution in [1.82, 2.24) is 23.9 Å². The van der Waals surface area contributed by atoms with Gasteiger partial charge in [-0.25, -0.2) is 9.97 Å². The number of nitrogens with zero attached hydrogens (tertiary/aromatic N) is 5. The molecule has 46 heavy (non-hydrogen) atoms. The van der Waals surface area contributed by atoms with Gasteiger partial charge in [-0.05, 0) is 46.8 Å². The first-order valence-electron chi connectivity index (χ1n) is 15.5. The number of benzene rings is 6. The zero-order valence-corrected chi connectivity index (χ0v) is 24.7. The van der Waals surface area contributed by atoms with Crippen LogP contribution >= 0.6 is 0 Å². The summed E-state index contributed by atoms with van der Waals surface area (Å²) in [6, 6.07) is 53.0. The number of para-hydroxylation sites is 3. The molecule has 0 aliphatic carbocycles. The molecule has 0 unspecified atom stereocenters. The van der Waals surface area contributed by atoms with Crippen molar-refractivity contribution in [3.63, 3.8) is 0 Å². The molecule has 0 saturated heterocycles. The molecular formula is C41H25N5. The molecule has 5 heteroatoms. The number of hydrogen-bond acceptors (Lipinski definition) is 3. The van der Waals surface area contributed by atoms with E-state index in [-0.39, 0.29) is 0 Å². The van der Waals surface area contributed by atoms with Crippen LogP contribution in [0.1, 0.15) is 0 Å². The molecule has 214 valence electrons. The van der Waals surface area contributed by atoms with Crippen LogP contribution in [0, 0.1) is 0 Å². The molecule has 0 saturated carbocycles. The van der Waals surface area contributed by atoms with E-state index < -0.39 is 0 Å². The normalized spacial score (nSPS) is 11.9. The summed E-state index contributed by atoms with van der Waals surface area (Å²) in [5.74, 6) is 0.624. The quantitative estimate of drug-likeness (QED) is 0.193. The Kier molecular flexibility index (Phi) is 5.22. The van der Waals surface area contributed by atoms with Crippen LogP contribution in [0.4, 0.5) is 0 Å². The molecule has 0 amide bonds. The van der Waals surface area contributed by atoms with E-state index in [1.165, 1.54) is 16.5 Å². The second-order valence-electron chi connectivity index (χ2n) is 11.7. The first-order chi connectivity index (χ1) is 22.8. The minimum atomic E-state index is 0.624. The van der Waals surface area contributed by atoms with Gasteiger partial charge >= 0.3 is 0 Å². The predicted molar refractivity (Wildman–Crippen MR) is 189 cm³/mol. The van der Waals surface area contributed by atoms with Gasteiger partial charge in [0.1, 0.15) is 5.65 Å². The summed E-state index contributed by atoms with van der Waals surface area (Å²) in [7, 11) is 0. The van der Waals surface area contributed by atoms with Crippen molar-refractivity contribution in [3.8, 4) is 28.3 Å². The Labute approximate surface area is 263 Å². The lowest BCUT2D eigenvalue weighted by atomic mass is 10.0. The van der Waals surface area contributed by atoms with Gasteiger partial charge in [0.05, 0.1) is 33.1 Å². The maximum Gasteiger partial charge on any atom is 0.237 e. The maximum atomic E-state index is 5.46. The monoisotopic (exact) mass is 587 g/mol. The Morgan fingerprint density at radius 3 is 1.83 bits per heavy atom. The van der Waals surface area contributed by atoms with Crippen LogP contribution in [-0.4, -0.2) is 23.9 Å². The summed E-state index contributed by atoms with van der Waals surface area (Å²) in [5, 5.41) is 5.49. The Morgan fingerprint density at radius 1 is 0.391 bits per heavy atom. The van der Waals surface area contributed by atoms with Crippen molar-refractivity contribution in [1.29, 1.82) is 0 Å². The molecule has 10 aromatic rings. The molecule has 0 atom stereocenters. The minimum Gasteiger partial charge on any atom is -0.278 e. The van der Waals surface area contributed by atoms with Crippen molar-refractivity contribution in [2.75, 3.05) is 0 Å². The van der Waals surface area contributed by atoms with Crippen LogP contribution < -0.4 is 0 Å². The Hall–Kier alpha value is -6.33. The zero-order chi connectivity index (χ0) is 30.2. The Balaban J connectivity index is 1.39. The lowest BCUT2D eigenvalue weighted by Crippen LogP contribution is -2.06. The topological polar surface area (TPSA) is 48.0 Å². The van der Waals surface area contributed by atoms with E-state index >= 15 is 0 Å². The molecule has 0 N–H and O–H groups in total. The van der Waals surface area contributed by atoms with E-state index in [4.69, 9.17) is 15.0 Å². The maximum absolute atomic E-state index is 5.46. The van der Waals surface area contributed by atoms with E-state index in [2.05, 4.69) is 148 Å². The van der Waals surface area contributed by atoms with Crippen LogP contribution in [0.25, 0.3) is 88.6 Å². The molecule has 0 fully saturated rings. The van der Waals surface area contributed by atoms with Crippen LogP contribution in [0.15, 0.2) is 152 Å². The van der Waals surface area contributed by atoms with E-state index in [9.17, 15) is 0 Å². The highest BCUT2D eigenvalue weighted by Gasteiger charge is 2.22. The second-order valence-corrected chi connectivity index (χ2v) is 11.7. The summed E-state index contributed by atoms with van der Waals surface area (Å²) in [5.41, 5.74) is 10.1. The first kappa shape index (κ1) is 25.0. The highest BCUT2D eigenvalue weighted by molar-refractivity contribution is 6.17. The van der Waals surface area contributed by atoms with Crippen molar-refractivity contribution in [2.24, 2.45) is 0 Å². The molecular weight excluding hydrogens is 562 g/mol. The van der Waals surface area contributed by atoms with Gasteiger partial charge in [0, 0.05) is 21.7 Å². The standard InChI is InChI=1S/C41H25N5/c1-3-13-26(14-4-1)28-23-24-35-32(25-28)29-17-9-11-21-34(29)45(35)41-43-38(27-15-5-2-6-16-27)37-30-18-7-8-19-31(30)39-42-33-20-10-12-22-36(33)46(39)40(37)44-41/h1-25H. The fraction of sp³-hybridized carbons (Fsp3) is 0. The Morgan fingerprint density at radius 2 is 1.02 bits per heavy atom. The molecule has 6 aromatic carbocycles. The number of rotatable bonds is 3. The number of fused-ring (bicyclic) bond motifs is 11. The number of hydrogen-bond donors (Lipinski definition) is 0. The molecule has 0 spiro atoms. The molecule has 10 rings (SSSR count). The van der Waals surface area contributed by atoms with Crippen LogP contribution in [0.3, 0.4) is 0 Å². The van der Waals surface area contributed by atoms with Gasteiger partial charge in [-0.15, -0.1) is 0 Å².